The summed E-state index contributed by atoms with van der Waals surface area (Å²) in [5.41, 5.74) is 1.10. The highest BCUT2D eigenvalue weighted by Gasteiger charge is 2.13. The zero-order valence-corrected chi connectivity index (χ0v) is 11.1. The molecule has 0 aliphatic heterocycles. The molecule has 18 heavy (non-hydrogen) atoms. The maximum atomic E-state index is 3.41. The minimum absolute atomic E-state index is 0.805. The number of benzene rings is 1. The average Bonchev–Trinajstić information content (AvgIpc) is 2.92. The van der Waals surface area contributed by atoms with Crippen molar-refractivity contribution in [2.24, 2.45) is 5.92 Å². The second kappa shape index (κ2) is 7.95. The second-order valence-electron chi connectivity index (χ2n) is 5.14. The molecule has 1 aromatic rings. The van der Waals surface area contributed by atoms with Gasteiger partial charge < -0.3 is 5.32 Å². The van der Waals surface area contributed by atoms with Crippen molar-refractivity contribution < 1.29 is 0 Å². The summed E-state index contributed by atoms with van der Waals surface area (Å²) < 4.78 is 0. The Morgan fingerprint density at radius 2 is 1.89 bits per heavy atom. The molecule has 0 bridgehead atoms. The molecule has 1 aliphatic rings. The van der Waals surface area contributed by atoms with E-state index in [4.69, 9.17) is 0 Å². The standard InChI is InChI=1S/C17H23N/c1-2-8-16(9-3-1)12-6-14-18-15-7-13-17-10-4-5-11-17/h1-3,8-9,17-18H,4-5,7,10-11,13-15H2. The summed E-state index contributed by atoms with van der Waals surface area (Å²) in [5, 5.41) is 3.41. The van der Waals surface area contributed by atoms with E-state index in [0.29, 0.717) is 0 Å². The Bertz CT molecular complexity index is 379. The molecule has 0 heterocycles. The topological polar surface area (TPSA) is 12.0 Å². The van der Waals surface area contributed by atoms with E-state index >= 15 is 0 Å². The Hall–Kier alpha value is -1.26. The van der Waals surface area contributed by atoms with Crippen molar-refractivity contribution >= 4 is 0 Å². The van der Waals surface area contributed by atoms with Crippen LogP contribution < -0.4 is 5.32 Å². The summed E-state index contributed by atoms with van der Waals surface area (Å²) >= 11 is 0. The summed E-state index contributed by atoms with van der Waals surface area (Å²) in [5.74, 6) is 7.35. The summed E-state index contributed by atoms with van der Waals surface area (Å²) in [6.07, 6.45) is 8.56. The molecular weight excluding hydrogens is 218 g/mol. The molecule has 0 unspecified atom stereocenters. The van der Waals surface area contributed by atoms with Crippen LogP contribution in [0.3, 0.4) is 0 Å². The number of hydrogen-bond donors (Lipinski definition) is 1. The first-order valence-corrected chi connectivity index (χ1v) is 7.20. The van der Waals surface area contributed by atoms with Gasteiger partial charge in [0.2, 0.25) is 0 Å². The van der Waals surface area contributed by atoms with Gasteiger partial charge in [0, 0.05) is 5.56 Å². The predicted octanol–water partition coefficient (Wildman–Crippen LogP) is 3.60. The summed E-state index contributed by atoms with van der Waals surface area (Å²) in [6.45, 7) is 1.92. The van der Waals surface area contributed by atoms with Gasteiger partial charge in [-0.3, -0.25) is 0 Å². The highest BCUT2D eigenvalue weighted by molar-refractivity contribution is 5.33. The van der Waals surface area contributed by atoms with Gasteiger partial charge in [-0.15, -0.1) is 0 Å². The highest BCUT2D eigenvalue weighted by atomic mass is 14.8. The van der Waals surface area contributed by atoms with Gasteiger partial charge in [0.1, 0.15) is 0 Å². The first-order valence-electron chi connectivity index (χ1n) is 7.20. The third kappa shape index (κ3) is 4.94. The molecular formula is C17H23N. The normalized spacial score (nSPS) is 15.3. The van der Waals surface area contributed by atoms with Crippen LogP contribution in [-0.4, -0.2) is 13.1 Å². The van der Waals surface area contributed by atoms with Gasteiger partial charge >= 0.3 is 0 Å². The van der Waals surface area contributed by atoms with Crippen LogP contribution in [0.25, 0.3) is 0 Å². The van der Waals surface area contributed by atoms with Crippen molar-refractivity contribution in [3.63, 3.8) is 0 Å². The fraction of sp³-hybridized carbons (Fsp3) is 0.529. The Morgan fingerprint density at radius 1 is 1.11 bits per heavy atom. The Morgan fingerprint density at radius 3 is 2.67 bits per heavy atom. The summed E-state index contributed by atoms with van der Waals surface area (Å²) in [7, 11) is 0. The van der Waals surface area contributed by atoms with Crippen LogP contribution in [0.5, 0.6) is 0 Å². The molecule has 1 aromatic carbocycles. The molecule has 0 aromatic heterocycles. The Kier molecular flexibility index (Phi) is 5.82. The van der Waals surface area contributed by atoms with Crippen molar-refractivity contribution in [2.45, 2.75) is 38.5 Å². The minimum atomic E-state index is 0.805. The fourth-order valence-electron chi connectivity index (χ4n) is 2.63. The van der Waals surface area contributed by atoms with Crippen LogP contribution >= 0.6 is 0 Å². The largest absolute Gasteiger partial charge is 0.306 e. The molecule has 1 aliphatic carbocycles. The Labute approximate surface area is 111 Å². The molecule has 1 nitrogen and oxygen atoms in total. The molecule has 1 N–H and O–H groups in total. The molecule has 1 saturated carbocycles. The van der Waals surface area contributed by atoms with Gasteiger partial charge in [-0.05, 0) is 37.4 Å². The molecule has 1 heteroatoms. The van der Waals surface area contributed by atoms with Crippen LogP contribution in [0.15, 0.2) is 30.3 Å². The quantitative estimate of drug-likeness (QED) is 0.613. The van der Waals surface area contributed by atoms with E-state index in [1.165, 1.54) is 38.5 Å². The van der Waals surface area contributed by atoms with Crippen LogP contribution in [-0.2, 0) is 0 Å². The second-order valence-corrected chi connectivity index (χ2v) is 5.14. The molecule has 2 rings (SSSR count). The van der Waals surface area contributed by atoms with E-state index in [1.54, 1.807) is 0 Å². The highest BCUT2D eigenvalue weighted by Crippen LogP contribution is 2.28. The zero-order chi connectivity index (χ0) is 12.5. The SMILES string of the molecule is C(#Cc1ccccc1)CNCCCC1CCCC1. The van der Waals surface area contributed by atoms with E-state index < -0.39 is 0 Å². The van der Waals surface area contributed by atoms with Crippen molar-refractivity contribution in [3.05, 3.63) is 35.9 Å². The lowest BCUT2D eigenvalue weighted by molar-refractivity contribution is 0.475. The molecule has 96 valence electrons. The van der Waals surface area contributed by atoms with Crippen molar-refractivity contribution in [1.29, 1.82) is 0 Å². The van der Waals surface area contributed by atoms with E-state index in [-0.39, 0.29) is 0 Å². The van der Waals surface area contributed by atoms with Gasteiger partial charge in [-0.2, -0.15) is 0 Å². The van der Waals surface area contributed by atoms with Gasteiger partial charge in [-0.25, -0.2) is 0 Å². The van der Waals surface area contributed by atoms with Gasteiger partial charge in [0.05, 0.1) is 6.54 Å². The number of nitrogens with one attached hydrogen (secondary N) is 1. The van der Waals surface area contributed by atoms with Crippen molar-refractivity contribution in [2.75, 3.05) is 13.1 Å². The van der Waals surface area contributed by atoms with E-state index in [1.807, 2.05) is 30.3 Å². The van der Waals surface area contributed by atoms with E-state index in [9.17, 15) is 0 Å². The maximum Gasteiger partial charge on any atom is 0.0580 e. The number of rotatable bonds is 5. The smallest absolute Gasteiger partial charge is 0.0580 e. The van der Waals surface area contributed by atoms with Gasteiger partial charge in [0.25, 0.3) is 0 Å². The first-order chi connectivity index (χ1) is 8.95. The monoisotopic (exact) mass is 241 g/mol. The van der Waals surface area contributed by atoms with Crippen LogP contribution in [0.4, 0.5) is 0 Å². The van der Waals surface area contributed by atoms with E-state index in [2.05, 4.69) is 17.2 Å². The van der Waals surface area contributed by atoms with Crippen molar-refractivity contribution in [1.82, 2.24) is 5.32 Å². The van der Waals surface area contributed by atoms with Crippen molar-refractivity contribution in [3.8, 4) is 11.8 Å². The molecule has 0 atom stereocenters. The summed E-state index contributed by atoms with van der Waals surface area (Å²) in [6, 6.07) is 10.2. The molecule has 0 amide bonds. The molecule has 0 spiro atoms. The van der Waals surface area contributed by atoms with E-state index in [0.717, 1.165) is 24.6 Å². The average molecular weight is 241 g/mol. The number of hydrogen-bond acceptors (Lipinski definition) is 1. The lowest BCUT2D eigenvalue weighted by Gasteiger charge is -2.07. The lowest BCUT2D eigenvalue weighted by atomic mass is 10.0. The molecule has 0 saturated heterocycles. The van der Waals surface area contributed by atoms with Gasteiger partial charge in [-0.1, -0.05) is 55.7 Å². The maximum absolute atomic E-state index is 3.41. The lowest BCUT2D eigenvalue weighted by Crippen LogP contribution is -2.16. The Balaban J connectivity index is 1.52. The fourth-order valence-corrected chi connectivity index (χ4v) is 2.63. The third-order valence-corrected chi connectivity index (χ3v) is 3.66. The summed E-state index contributed by atoms with van der Waals surface area (Å²) in [4.78, 5) is 0. The third-order valence-electron chi connectivity index (χ3n) is 3.66. The van der Waals surface area contributed by atoms with Crippen LogP contribution in [0.1, 0.15) is 44.1 Å². The minimum Gasteiger partial charge on any atom is -0.306 e. The molecule has 1 fully saturated rings. The zero-order valence-electron chi connectivity index (χ0n) is 11.1. The van der Waals surface area contributed by atoms with Crippen LogP contribution in [0, 0.1) is 17.8 Å². The first kappa shape index (κ1) is 13.2. The molecule has 0 radical (unpaired) electrons. The van der Waals surface area contributed by atoms with Gasteiger partial charge in [0.15, 0.2) is 0 Å². The van der Waals surface area contributed by atoms with Crippen LogP contribution in [0.2, 0.25) is 0 Å². The predicted molar refractivity (Wildman–Crippen MR) is 77.4 cm³/mol.